The number of pyridine rings is 1. The minimum atomic E-state index is -0.734. The van der Waals surface area contributed by atoms with Crippen molar-refractivity contribution >= 4 is 17.4 Å². The summed E-state index contributed by atoms with van der Waals surface area (Å²) < 4.78 is 10.7. The second-order valence-electron chi connectivity index (χ2n) is 7.71. The van der Waals surface area contributed by atoms with Gasteiger partial charge in [0.05, 0.1) is 11.6 Å². The summed E-state index contributed by atoms with van der Waals surface area (Å²) in [6.45, 7) is 2.20. The molecule has 160 valence electrons. The van der Waals surface area contributed by atoms with Gasteiger partial charge in [-0.3, -0.25) is 14.6 Å². The fourth-order valence-corrected chi connectivity index (χ4v) is 4.15. The number of likely N-dealkylation sites (tertiary alicyclic amines) is 1. The van der Waals surface area contributed by atoms with Crippen LogP contribution in [0.2, 0.25) is 0 Å². The van der Waals surface area contributed by atoms with Crippen molar-refractivity contribution in [2.45, 2.75) is 19.5 Å². The number of aliphatic hydroxyl groups excluding tert-OH is 1. The Morgan fingerprint density at radius 2 is 1.91 bits per heavy atom. The van der Waals surface area contributed by atoms with E-state index in [-0.39, 0.29) is 24.7 Å². The standard InChI is InChI=1S/C25H20N2O5/c1-15-5-2-3-7-18(15)22-21(23(28)17-8-9-19-20(11-17)32-14-31-19)24(29)25(30)27(22)13-16-6-4-10-26-12-16/h2-12,22,28H,13-14H2,1H3/b23-21+. The number of carbonyl (C=O) groups is 2. The number of Topliss-reactive ketones (excluding diaryl/α,β-unsaturated/α-hetero) is 1. The molecule has 0 bridgehead atoms. The molecule has 7 nitrogen and oxygen atoms in total. The molecule has 2 aromatic carbocycles. The van der Waals surface area contributed by atoms with Crippen LogP contribution >= 0.6 is 0 Å². The van der Waals surface area contributed by atoms with Gasteiger partial charge in [-0.1, -0.05) is 30.3 Å². The molecule has 1 amide bonds. The number of ketones is 1. The number of benzene rings is 2. The molecule has 1 fully saturated rings. The van der Waals surface area contributed by atoms with Gasteiger partial charge in [0.2, 0.25) is 6.79 Å². The van der Waals surface area contributed by atoms with Gasteiger partial charge in [-0.25, -0.2) is 0 Å². The molecule has 1 atom stereocenters. The van der Waals surface area contributed by atoms with Crippen LogP contribution in [0.5, 0.6) is 11.5 Å². The van der Waals surface area contributed by atoms with Crippen molar-refractivity contribution in [3.63, 3.8) is 0 Å². The van der Waals surface area contributed by atoms with Crippen LogP contribution in [-0.4, -0.2) is 33.5 Å². The highest BCUT2D eigenvalue weighted by molar-refractivity contribution is 6.46. The second-order valence-corrected chi connectivity index (χ2v) is 7.71. The van der Waals surface area contributed by atoms with Crippen LogP contribution in [0.1, 0.15) is 28.3 Å². The molecule has 3 aromatic rings. The summed E-state index contributed by atoms with van der Waals surface area (Å²) in [5.41, 5.74) is 2.90. The quantitative estimate of drug-likeness (QED) is 0.387. The maximum absolute atomic E-state index is 13.2. The molecule has 1 aromatic heterocycles. The van der Waals surface area contributed by atoms with Gasteiger partial charge in [0, 0.05) is 24.5 Å². The van der Waals surface area contributed by atoms with E-state index >= 15 is 0 Å². The summed E-state index contributed by atoms with van der Waals surface area (Å²) in [7, 11) is 0. The summed E-state index contributed by atoms with van der Waals surface area (Å²) in [6.07, 6.45) is 3.31. The number of aromatic nitrogens is 1. The highest BCUT2D eigenvalue weighted by Gasteiger charge is 2.46. The number of aliphatic hydroxyl groups is 1. The lowest BCUT2D eigenvalue weighted by molar-refractivity contribution is -0.140. The zero-order valence-corrected chi connectivity index (χ0v) is 17.3. The zero-order valence-electron chi connectivity index (χ0n) is 17.3. The molecule has 2 aliphatic heterocycles. The molecule has 1 saturated heterocycles. The first-order valence-corrected chi connectivity index (χ1v) is 10.2. The first-order chi connectivity index (χ1) is 15.5. The summed E-state index contributed by atoms with van der Waals surface area (Å²) in [6, 6.07) is 15.4. The second kappa shape index (κ2) is 7.85. The number of aryl methyl sites for hydroxylation is 1. The highest BCUT2D eigenvalue weighted by atomic mass is 16.7. The van der Waals surface area contributed by atoms with Crippen molar-refractivity contribution < 1.29 is 24.2 Å². The molecule has 2 aliphatic rings. The predicted octanol–water partition coefficient (Wildman–Crippen LogP) is 3.74. The Kier molecular flexibility index (Phi) is 4.86. The molecule has 5 rings (SSSR count). The Balaban J connectivity index is 1.66. The molecule has 0 aliphatic carbocycles. The van der Waals surface area contributed by atoms with Crippen molar-refractivity contribution in [3.8, 4) is 11.5 Å². The van der Waals surface area contributed by atoms with Crippen molar-refractivity contribution in [2.24, 2.45) is 0 Å². The van der Waals surface area contributed by atoms with Gasteiger partial charge in [-0.05, 0) is 47.9 Å². The zero-order chi connectivity index (χ0) is 22.2. The van der Waals surface area contributed by atoms with Crippen molar-refractivity contribution in [2.75, 3.05) is 6.79 Å². The fourth-order valence-electron chi connectivity index (χ4n) is 4.15. The van der Waals surface area contributed by atoms with Crippen LogP contribution in [0.3, 0.4) is 0 Å². The number of fused-ring (bicyclic) bond motifs is 1. The third-order valence-corrected chi connectivity index (χ3v) is 5.74. The molecule has 7 heteroatoms. The van der Waals surface area contributed by atoms with Gasteiger partial charge in [0.1, 0.15) is 5.76 Å². The lowest BCUT2D eigenvalue weighted by atomic mass is 9.92. The Morgan fingerprint density at radius 1 is 1.09 bits per heavy atom. The summed E-state index contributed by atoms with van der Waals surface area (Å²) in [5, 5.41) is 11.2. The van der Waals surface area contributed by atoms with E-state index < -0.39 is 17.7 Å². The predicted molar refractivity (Wildman–Crippen MR) is 116 cm³/mol. The van der Waals surface area contributed by atoms with Crippen LogP contribution in [0.15, 0.2) is 72.6 Å². The van der Waals surface area contributed by atoms with Gasteiger partial charge < -0.3 is 19.5 Å². The van der Waals surface area contributed by atoms with E-state index in [1.165, 1.54) is 4.90 Å². The average molecular weight is 428 g/mol. The van der Waals surface area contributed by atoms with E-state index in [4.69, 9.17) is 9.47 Å². The maximum atomic E-state index is 13.2. The third-order valence-electron chi connectivity index (χ3n) is 5.74. The van der Waals surface area contributed by atoms with E-state index in [0.29, 0.717) is 17.1 Å². The van der Waals surface area contributed by atoms with Crippen LogP contribution in [-0.2, 0) is 16.1 Å². The highest BCUT2D eigenvalue weighted by Crippen LogP contribution is 2.42. The molecule has 3 heterocycles. The fraction of sp³-hybridized carbons (Fsp3) is 0.160. The Bertz CT molecular complexity index is 1250. The smallest absolute Gasteiger partial charge is 0.295 e. The van der Waals surface area contributed by atoms with Gasteiger partial charge >= 0.3 is 0 Å². The van der Waals surface area contributed by atoms with Crippen LogP contribution in [0.4, 0.5) is 0 Å². The van der Waals surface area contributed by atoms with Gasteiger partial charge in [0.15, 0.2) is 11.5 Å². The molecular weight excluding hydrogens is 408 g/mol. The number of nitrogens with zero attached hydrogens (tertiary/aromatic N) is 2. The maximum Gasteiger partial charge on any atom is 0.295 e. The Labute approximate surface area is 184 Å². The van der Waals surface area contributed by atoms with Gasteiger partial charge in [-0.2, -0.15) is 0 Å². The third kappa shape index (κ3) is 3.28. The van der Waals surface area contributed by atoms with Crippen molar-refractivity contribution in [3.05, 3.63) is 94.8 Å². The Morgan fingerprint density at radius 3 is 2.69 bits per heavy atom. The van der Waals surface area contributed by atoms with Gasteiger partial charge in [0.25, 0.3) is 11.7 Å². The Hall–Kier alpha value is -4.13. The average Bonchev–Trinajstić information content (AvgIpc) is 3.38. The number of ether oxygens (including phenoxy) is 2. The summed E-state index contributed by atoms with van der Waals surface area (Å²) in [5.74, 6) is -0.592. The molecule has 0 radical (unpaired) electrons. The molecule has 1 unspecified atom stereocenters. The lowest BCUT2D eigenvalue weighted by Gasteiger charge is -2.26. The van der Waals surface area contributed by atoms with E-state index in [9.17, 15) is 14.7 Å². The number of hydrogen-bond acceptors (Lipinski definition) is 6. The molecule has 0 saturated carbocycles. The van der Waals surface area contributed by atoms with Crippen molar-refractivity contribution in [1.82, 2.24) is 9.88 Å². The van der Waals surface area contributed by atoms with E-state index in [1.807, 2.05) is 37.3 Å². The molecule has 32 heavy (non-hydrogen) atoms. The molecule has 1 N–H and O–H groups in total. The number of carbonyl (C=O) groups excluding carboxylic acids is 2. The van der Waals surface area contributed by atoms with E-state index in [1.54, 1.807) is 36.7 Å². The molecule has 0 spiro atoms. The SMILES string of the molecule is Cc1ccccc1C1/C(=C(\O)c2ccc3c(c2)OCO3)C(=O)C(=O)N1Cc1cccnc1. The topological polar surface area (TPSA) is 89.0 Å². The molecular formula is C25H20N2O5. The number of rotatable bonds is 4. The first kappa shape index (κ1) is 19.8. The van der Waals surface area contributed by atoms with Gasteiger partial charge in [-0.15, -0.1) is 0 Å². The van der Waals surface area contributed by atoms with Crippen LogP contribution in [0.25, 0.3) is 5.76 Å². The summed E-state index contributed by atoms with van der Waals surface area (Å²) in [4.78, 5) is 31.9. The van der Waals surface area contributed by atoms with Crippen molar-refractivity contribution in [1.29, 1.82) is 0 Å². The van der Waals surface area contributed by atoms with Crippen LogP contribution in [0, 0.1) is 6.92 Å². The minimum Gasteiger partial charge on any atom is -0.507 e. The van der Waals surface area contributed by atoms with E-state index in [0.717, 1.165) is 16.7 Å². The largest absolute Gasteiger partial charge is 0.507 e. The number of amides is 1. The first-order valence-electron chi connectivity index (χ1n) is 10.2. The van der Waals surface area contributed by atoms with E-state index in [2.05, 4.69) is 4.98 Å². The monoisotopic (exact) mass is 428 g/mol. The number of hydrogen-bond donors (Lipinski definition) is 1. The summed E-state index contributed by atoms with van der Waals surface area (Å²) >= 11 is 0. The lowest BCUT2D eigenvalue weighted by Crippen LogP contribution is -2.29. The van der Waals surface area contributed by atoms with Crippen LogP contribution < -0.4 is 9.47 Å². The normalized spacial score (nSPS) is 18.9. The minimum absolute atomic E-state index is 0.0482.